The van der Waals surface area contributed by atoms with E-state index < -0.39 is 11.5 Å². The number of rotatable bonds is 9. The van der Waals surface area contributed by atoms with Gasteiger partial charge in [-0.2, -0.15) is 10.4 Å². The Balaban J connectivity index is 1.34. The molecular weight excluding hydrogens is 612 g/mol. The van der Waals surface area contributed by atoms with Gasteiger partial charge in [-0.1, -0.05) is 72.3 Å². The van der Waals surface area contributed by atoms with E-state index in [1.54, 1.807) is 41.7 Å². The van der Waals surface area contributed by atoms with E-state index in [9.17, 15) is 14.9 Å². The van der Waals surface area contributed by atoms with E-state index in [1.807, 2.05) is 103 Å². The van der Waals surface area contributed by atoms with Crippen LogP contribution in [0.3, 0.4) is 0 Å². The Morgan fingerprint density at radius 3 is 2.32 bits per heavy atom. The number of anilines is 1. The number of nitriles is 1. The topological polar surface area (TPSA) is 107 Å². The van der Waals surface area contributed by atoms with Crippen molar-refractivity contribution in [2.75, 3.05) is 5.32 Å². The van der Waals surface area contributed by atoms with Crippen molar-refractivity contribution in [3.05, 3.63) is 153 Å². The number of benzene rings is 4. The number of hydrogen-bond donors (Lipinski definition) is 1. The third kappa shape index (κ3) is 6.64. The van der Waals surface area contributed by atoms with Crippen molar-refractivity contribution in [3.8, 4) is 34.5 Å². The number of carbonyl (C=O) groups excluding carboxylic acids is 1. The van der Waals surface area contributed by atoms with Gasteiger partial charge in [0.25, 0.3) is 11.5 Å². The number of ether oxygens (including phenoxy) is 1. The van der Waals surface area contributed by atoms with Gasteiger partial charge in [0, 0.05) is 29.4 Å². The average Bonchev–Trinajstić information content (AvgIpc) is 3.62. The van der Waals surface area contributed by atoms with Crippen LogP contribution in [0.15, 0.2) is 126 Å². The van der Waals surface area contributed by atoms with Gasteiger partial charge in [-0.3, -0.25) is 14.3 Å². The number of aromatic nitrogens is 4. The van der Waals surface area contributed by atoms with E-state index in [0.717, 1.165) is 16.8 Å². The fraction of sp³-hybridized carbons (Fsp3) is 0.0811. The highest BCUT2D eigenvalue weighted by molar-refractivity contribution is 6.30. The summed E-state index contributed by atoms with van der Waals surface area (Å²) in [5, 5.41) is 18.3. The first-order valence-electron chi connectivity index (χ1n) is 14.7. The first-order valence-corrected chi connectivity index (χ1v) is 15.1. The van der Waals surface area contributed by atoms with Gasteiger partial charge in [-0.15, -0.1) is 0 Å². The molecule has 0 fully saturated rings. The fourth-order valence-electron chi connectivity index (χ4n) is 5.11. The maximum absolute atomic E-state index is 13.5. The molecule has 0 bridgehead atoms. The zero-order valence-corrected chi connectivity index (χ0v) is 26.3. The van der Waals surface area contributed by atoms with Crippen LogP contribution in [0, 0.1) is 18.3 Å². The number of para-hydroxylation sites is 2. The largest absolute Gasteiger partial charge is 0.489 e. The van der Waals surface area contributed by atoms with Crippen molar-refractivity contribution in [2.24, 2.45) is 7.05 Å². The monoisotopic (exact) mass is 640 g/mol. The van der Waals surface area contributed by atoms with Crippen molar-refractivity contribution in [2.45, 2.75) is 13.5 Å². The summed E-state index contributed by atoms with van der Waals surface area (Å²) >= 11 is 6.01. The van der Waals surface area contributed by atoms with Crippen LogP contribution >= 0.6 is 11.6 Å². The maximum Gasteiger partial charge on any atom is 0.295 e. The molecule has 0 radical (unpaired) electrons. The molecule has 6 aromatic rings. The quantitative estimate of drug-likeness (QED) is 0.134. The molecule has 0 aliphatic carbocycles. The molecule has 0 unspecified atom stereocenters. The number of nitrogens with zero attached hydrogens (tertiary/aromatic N) is 5. The summed E-state index contributed by atoms with van der Waals surface area (Å²) in [5.74, 6) is -0.0916. The van der Waals surface area contributed by atoms with Crippen molar-refractivity contribution in [3.63, 3.8) is 0 Å². The van der Waals surface area contributed by atoms with Crippen LogP contribution in [0.2, 0.25) is 5.02 Å². The van der Waals surface area contributed by atoms with Crippen LogP contribution < -0.4 is 15.6 Å². The Labute approximate surface area is 276 Å². The van der Waals surface area contributed by atoms with E-state index in [-0.39, 0.29) is 11.3 Å². The molecule has 0 atom stereocenters. The Kier molecular flexibility index (Phi) is 8.86. The number of amides is 1. The standard InChI is InChI=1S/C37H29ClN6O3/c1-25-34(37(46)44(42(25)2)32-13-7-4-8-14-32)40-36(45)28(22-39)20-29-23-43(31-11-5-3-6-12-31)41-35(29)27-10-9-15-33(21-27)47-24-26-16-18-30(38)19-17-26/h3-21,23H,24H2,1-2H3,(H,40,45)/b28-20-. The van der Waals surface area contributed by atoms with Crippen molar-refractivity contribution in [1.82, 2.24) is 19.1 Å². The Bertz CT molecular complexity index is 2190. The molecule has 0 aliphatic heterocycles. The van der Waals surface area contributed by atoms with E-state index in [0.29, 0.717) is 40.0 Å². The molecule has 47 heavy (non-hydrogen) atoms. The second-order valence-electron chi connectivity index (χ2n) is 10.7. The summed E-state index contributed by atoms with van der Waals surface area (Å²) in [5.41, 5.74) is 4.23. The molecule has 2 aromatic heterocycles. The van der Waals surface area contributed by atoms with Crippen LogP contribution in [0.4, 0.5) is 5.69 Å². The Hall–Kier alpha value is -6.11. The third-order valence-electron chi connectivity index (χ3n) is 7.65. The van der Waals surface area contributed by atoms with E-state index >= 15 is 0 Å². The normalized spacial score (nSPS) is 11.2. The molecule has 0 saturated heterocycles. The third-order valence-corrected chi connectivity index (χ3v) is 7.90. The summed E-state index contributed by atoms with van der Waals surface area (Å²) in [6.45, 7) is 2.08. The highest BCUT2D eigenvalue weighted by Crippen LogP contribution is 2.29. The van der Waals surface area contributed by atoms with Crippen molar-refractivity contribution in [1.29, 1.82) is 5.26 Å². The van der Waals surface area contributed by atoms with Gasteiger partial charge in [0.2, 0.25) is 0 Å². The lowest BCUT2D eigenvalue weighted by molar-refractivity contribution is -0.112. The van der Waals surface area contributed by atoms with Crippen LogP contribution in [0.5, 0.6) is 5.75 Å². The second-order valence-corrected chi connectivity index (χ2v) is 11.2. The summed E-state index contributed by atoms with van der Waals surface area (Å²) in [6, 6.07) is 35.5. The first kappa shape index (κ1) is 30.9. The molecule has 6 rings (SSSR count). The smallest absolute Gasteiger partial charge is 0.295 e. The number of hydrogen-bond acceptors (Lipinski definition) is 5. The maximum atomic E-state index is 13.5. The first-order chi connectivity index (χ1) is 22.8. The number of nitrogens with one attached hydrogen (secondary N) is 1. The molecule has 10 heteroatoms. The molecule has 4 aromatic carbocycles. The SMILES string of the molecule is Cc1c(NC(=O)/C(C#N)=C\c2cn(-c3ccccc3)nc2-c2cccc(OCc3ccc(Cl)cc3)c2)c(=O)n(-c2ccccc2)n1C. The fourth-order valence-corrected chi connectivity index (χ4v) is 5.23. The second kappa shape index (κ2) is 13.5. The molecule has 0 spiro atoms. The van der Waals surface area contributed by atoms with Crippen molar-refractivity contribution < 1.29 is 9.53 Å². The molecule has 9 nitrogen and oxygen atoms in total. The van der Waals surface area contributed by atoms with Crippen LogP contribution in [0.25, 0.3) is 28.7 Å². The zero-order valence-electron chi connectivity index (χ0n) is 25.6. The summed E-state index contributed by atoms with van der Waals surface area (Å²) in [7, 11) is 1.73. The lowest BCUT2D eigenvalue weighted by Crippen LogP contribution is -2.23. The van der Waals surface area contributed by atoms with Crippen LogP contribution in [-0.2, 0) is 18.4 Å². The van der Waals surface area contributed by atoms with Gasteiger partial charge in [0.1, 0.15) is 35.4 Å². The molecule has 1 amide bonds. The average molecular weight is 641 g/mol. The van der Waals surface area contributed by atoms with Crippen LogP contribution in [0.1, 0.15) is 16.8 Å². The minimum absolute atomic E-state index is 0.0910. The molecule has 0 saturated carbocycles. The Morgan fingerprint density at radius 1 is 0.957 bits per heavy atom. The lowest BCUT2D eigenvalue weighted by Gasteiger charge is -2.08. The molecule has 2 heterocycles. The number of carbonyl (C=O) groups is 1. The van der Waals surface area contributed by atoms with Gasteiger partial charge in [0.15, 0.2) is 0 Å². The molecule has 0 aliphatic rings. The predicted molar refractivity (Wildman–Crippen MR) is 183 cm³/mol. The predicted octanol–water partition coefficient (Wildman–Crippen LogP) is 7.12. The zero-order chi connectivity index (χ0) is 32.9. The van der Waals surface area contributed by atoms with Gasteiger partial charge in [-0.25, -0.2) is 9.36 Å². The van der Waals surface area contributed by atoms with Gasteiger partial charge in [0.05, 0.1) is 17.1 Å². The minimum atomic E-state index is -0.711. The summed E-state index contributed by atoms with van der Waals surface area (Å²) in [6.07, 6.45) is 3.24. The summed E-state index contributed by atoms with van der Waals surface area (Å²) < 4.78 is 10.9. The van der Waals surface area contributed by atoms with E-state index in [1.165, 1.54) is 10.8 Å². The van der Waals surface area contributed by atoms with Gasteiger partial charge >= 0.3 is 0 Å². The lowest BCUT2D eigenvalue weighted by atomic mass is 10.1. The van der Waals surface area contributed by atoms with Gasteiger partial charge < -0.3 is 10.1 Å². The molecule has 1 N–H and O–H groups in total. The van der Waals surface area contributed by atoms with Gasteiger partial charge in [-0.05, 0) is 67.1 Å². The molecular formula is C37H29ClN6O3. The Morgan fingerprint density at radius 2 is 1.64 bits per heavy atom. The van der Waals surface area contributed by atoms with E-state index in [2.05, 4.69) is 5.32 Å². The van der Waals surface area contributed by atoms with Crippen LogP contribution in [-0.4, -0.2) is 25.1 Å². The highest BCUT2D eigenvalue weighted by atomic mass is 35.5. The number of halogens is 1. The highest BCUT2D eigenvalue weighted by Gasteiger charge is 2.21. The summed E-state index contributed by atoms with van der Waals surface area (Å²) in [4.78, 5) is 26.9. The molecule has 232 valence electrons. The van der Waals surface area contributed by atoms with Crippen molar-refractivity contribution >= 4 is 29.3 Å². The van der Waals surface area contributed by atoms with E-state index in [4.69, 9.17) is 21.4 Å². The minimum Gasteiger partial charge on any atom is -0.489 e.